The first-order chi connectivity index (χ1) is 10.9. The number of esters is 1. The van der Waals surface area contributed by atoms with Crippen LogP contribution in [0.1, 0.15) is 41.3 Å². The summed E-state index contributed by atoms with van der Waals surface area (Å²) in [7, 11) is 0. The first kappa shape index (κ1) is 16.7. The van der Waals surface area contributed by atoms with E-state index in [1.54, 1.807) is 12.1 Å². The summed E-state index contributed by atoms with van der Waals surface area (Å²) in [6.45, 7) is 4.05. The number of hydrogen-bond donors (Lipinski definition) is 3. The molecule has 122 valence electrons. The lowest BCUT2D eigenvalue weighted by molar-refractivity contribution is 0.0732. The van der Waals surface area contributed by atoms with Crippen molar-refractivity contribution in [3.8, 4) is 23.0 Å². The van der Waals surface area contributed by atoms with Gasteiger partial charge in [-0.1, -0.05) is 25.5 Å². The molecule has 0 aliphatic heterocycles. The molecule has 0 saturated heterocycles. The van der Waals surface area contributed by atoms with Crippen LogP contribution in [0.5, 0.6) is 23.0 Å². The quantitative estimate of drug-likeness (QED) is 0.445. The Labute approximate surface area is 134 Å². The molecule has 0 aromatic heterocycles. The van der Waals surface area contributed by atoms with Gasteiger partial charge in [0, 0.05) is 0 Å². The van der Waals surface area contributed by atoms with E-state index in [4.69, 9.17) is 4.74 Å². The molecule has 0 heterocycles. The Morgan fingerprint density at radius 2 is 1.78 bits per heavy atom. The Morgan fingerprint density at radius 1 is 1.13 bits per heavy atom. The summed E-state index contributed by atoms with van der Waals surface area (Å²) in [6.07, 6.45) is 2.81. The lowest BCUT2D eigenvalue weighted by atomic mass is 10.0. The summed E-state index contributed by atoms with van der Waals surface area (Å²) < 4.78 is 5.42. The van der Waals surface area contributed by atoms with E-state index in [0.29, 0.717) is 5.75 Å². The third-order valence-corrected chi connectivity index (χ3v) is 3.66. The number of carbonyl (C=O) groups excluding carboxylic acids is 1. The van der Waals surface area contributed by atoms with E-state index < -0.39 is 23.2 Å². The van der Waals surface area contributed by atoms with E-state index in [0.717, 1.165) is 42.5 Å². The van der Waals surface area contributed by atoms with Gasteiger partial charge in [0.25, 0.3) is 0 Å². The van der Waals surface area contributed by atoms with Crippen LogP contribution in [0.3, 0.4) is 0 Å². The molecule has 23 heavy (non-hydrogen) atoms. The molecular weight excluding hydrogens is 296 g/mol. The minimum absolute atomic E-state index is 0.0410. The van der Waals surface area contributed by atoms with Crippen LogP contribution in [0.2, 0.25) is 0 Å². The summed E-state index contributed by atoms with van der Waals surface area (Å²) in [6, 6.07) is 7.59. The monoisotopic (exact) mass is 316 g/mol. The molecule has 0 fully saturated rings. The van der Waals surface area contributed by atoms with Crippen molar-refractivity contribution >= 4 is 5.97 Å². The molecule has 0 saturated carbocycles. The van der Waals surface area contributed by atoms with Crippen molar-refractivity contribution in [2.24, 2.45) is 0 Å². The van der Waals surface area contributed by atoms with Gasteiger partial charge in [-0.2, -0.15) is 0 Å². The summed E-state index contributed by atoms with van der Waals surface area (Å²) in [5, 5.41) is 28.3. The van der Waals surface area contributed by atoms with Crippen molar-refractivity contribution in [3.05, 3.63) is 47.0 Å². The highest BCUT2D eigenvalue weighted by atomic mass is 16.5. The maximum absolute atomic E-state index is 12.2. The van der Waals surface area contributed by atoms with Crippen molar-refractivity contribution in [1.82, 2.24) is 0 Å². The zero-order chi connectivity index (χ0) is 17.0. The van der Waals surface area contributed by atoms with E-state index in [1.807, 2.05) is 13.0 Å². The van der Waals surface area contributed by atoms with E-state index >= 15 is 0 Å². The topological polar surface area (TPSA) is 87.0 Å². The second-order valence-corrected chi connectivity index (χ2v) is 5.41. The highest BCUT2D eigenvalue weighted by Gasteiger charge is 2.17. The number of benzene rings is 2. The van der Waals surface area contributed by atoms with Gasteiger partial charge in [-0.25, -0.2) is 4.79 Å². The Morgan fingerprint density at radius 3 is 2.39 bits per heavy atom. The summed E-state index contributed by atoms with van der Waals surface area (Å²) >= 11 is 0. The van der Waals surface area contributed by atoms with Crippen LogP contribution in [-0.4, -0.2) is 21.3 Å². The number of phenols is 3. The van der Waals surface area contributed by atoms with Crippen molar-refractivity contribution < 1.29 is 24.9 Å². The molecule has 2 aromatic carbocycles. The van der Waals surface area contributed by atoms with Gasteiger partial charge < -0.3 is 20.1 Å². The molecule has 0 radical (unpaired) electrons. The molecule has 0 bridgehead atoms. The maximum Gasteiger partial charge on any atom is 0.343 e. The van der Waals surface area contributed by atoms with Gasteiger partial charge in [-0.15, -0.1) is 0 Å². The molecule has 3 N–H and O–H groups in total. The minimum atomic E-state index is -0.709. The maximum atomic E-state index is 12.2. The van der Waals surface area contributed by atoms with Crippen LogP contribution in [0.4, 0.5) is 0 Å². The molecular formula is C18H20O5. The van der Waals surface area contributed by atoms with Crippen LogP contribution < -0.4 is 4.74 Å². The second kappa shape index (κ2) is 7.05. The number of phenolic OH excluding ortho intramolecular Hbond substituents is 3. The van der Waals surface area contributed by atoms with E-state index in [9.17, 15) is 20.1 Å². The van der Waals surface area contributed by atoms with Crippen LogP contribution in [-0.2, 0) is 6.42 Å². The Balaban J connectivity index is 2.29. The number of carbonyl (C=O) groups is 1. The standard InChI is InChI=1S/C18H20O5/c1-3-4-7-13-11(2)6-5-8-16(13)23-18(22)12-9-14(19)17(21)15(20)10-12/h5-6,8-10,19-21H,3-4,7H2,1-2H3. The summed E-state index contributed by atoms with van der Waals surface area (Å²) in [4.78, 5) is 12.2. The van der Waals surface area contributed by atoms with Crippen molar-refractivity contribution in [2.75, 3.05) is 0 Å². The molecule has 0 aliphatic carbocycles. The highest BCUT2D eigenvalue weighted by Crippen LogP contribution is 2.36. The highest BCUT2D eigenvalue weighted by molar-refractivity contribution is 5.92. The molecule has 0 spiro atoms. The number of hydrogen-bond acceptors (Lipinski definition) is 5. The molecule has 0 aliphatic rings. The Hall–Kier alpha value is -2.69. The first-order valence-corrected chi connectivity index (χ1v) is 7.49. The Kier molecular flexibility index (Phi) is 5.11. The van der Waals surface area contributed by atoms with Crippen LogP contribution in [0.15, 0.2) is 30.3 Å². The van der Waals surface area contributed by atoms with Gasteiger partial charge in [0.15, 0.2) is 17.2 Å². The molecule has 0 unspecified atom stereocenters. The smallest absolute Gasteiger partial charge is 0.343 e. The van der Waals surface area contributed by atoms with Gasteiger partial charge in [-0.3, -0.25) is 0 Å². The van der Waals surface area contributed by atoms with Gasteiger partial charge in [0.2, 0.25) is 0 Å². The van der Waals surface area contributed by atoms with Crippen LogP contribution in [0, 0.1) is 6.92 Å². The summed E-state index contributed by atoms with van der Waals surface area (Å²) in [5.41, 5.74) is 1.97. The zero-order valence-electron chi connectivity index (χ0n) is 13.2. The molecule has 0 amide bonds. The average molecular weight is 316 g/mol. The largest absolute Gasteiger partial charge is 0.504 e. The zero-order valence-corrected chi connectivity index (χ0v) is 13.2. The van der Waals surface area contributed by atoms with Crippen molar-refractivity contribution in [3.63, 3.8) is 0 Å². The second-order valence-electron chi connectivity index (χ2n) is 5.41. The Bertz CT molecular complexity index is 698. The normalized spacial score (nSPS) is 10.5. The predicted molar refractivity (Wildman–Crippen MR) is 86.2 cm³/mol. The summed E-state index contributed by atoms with van der Waals surface area (Å²) in [5.74, 6) is -2.06. The van der Waals surface area contributed by atoms with Gasteiger partial charge in [0.1, 0.15) is 5.75 Å². The van der Waals surface area contributed by atoms with Gasteiger partial charge in [-0.05, 0) is 49.1 Å². The van der Waals surface area contributed by atoms with Gasteiger partial charge >= 0.3 is 5.97 Å². The lowest BCUT2D eigenvalue weighted by Gasteiger charge is -2.13. The SMILES string of the molecule is CCCCc1c(C)cccc1OC(=O)c1cc(O)c(O)c(O)c1. The number of unbranched alkanes of at least 4 members (excludes halogenated alkanes) is 1. The average Bonchev–Trinajstić information content (AvgIpc) is 2.51. The van der Waals surface area contributed by atoms with E-state index in [2.05, 4.69) is 6.92 Å². The fraction of sp³-hybridized carbons (Fsp3) is 0.278. The number of aromatic hydroxyl groups is 3. The van der Waals surface area contributed by atoms with E-state index in [1.165, 1.54) is 0 Å². The number of ether oxygens (including phenoxy) is 1. The lowest BCUT2D eigenvalue weighted by Crippen LogP contribution is -2.10. The fourth-order valence-corrected chi connectivity index (χ4v) is 2.33. The third kappa shape index (κ3) is 3.74. The van der Waals surface area contributed by atoms with Crippen LogP contribution in [0.25, 0.3) is 0 Å². The van der Waals surface area contributed by atoms with Crippen molar-refractivity contribution in [1.29, 1.82) is 0 Å². The minimum Gasteiger partial charge on any atom is -0.504 e. The van der Waals surface area contributed by atoms with Crippen molar-refractivity contribution in [2.45, 2.75) is 33.1 Å². The first-order valence-electron chi connectivity index (χ1n) is 7.49. The molecule has 2 aromatic rings. The molecule has 2 rings (SSSR count). The third-order valence-electron chi connectivity index (χ3n) is 3.66. The van der Waals surface area contributed by atoms with E-state index in [-0.39, 0.29) is 5.56 Å². The number of rotatable bonds is 5. The number of aryl methyl sites for hydroxylation is 1. The van der Waals surface area contributed by atoms with Gasteiger partial charge in [0.05, 0.1) is 5.56 Å². The fourth-order valence-electron chi connectivity index (χ4n) is 2.33. The predicted octanol–water partition coefficient (Wildman–Crippen LogP) is 3.67. The van der Waals surface area contributed by atoms with Crippen LogP contribution >= 0.6 is 0 Å². The molecule has 0 atom stereocenters. The molecule has 5 heteroatoms. The molecule has 5 nitrogen and oxygen atoms in total.